The summed E-state index contributed by atoms with van der Waals surface area (Å²) in [5.74, 6) is 0.749. The quantitative estimate of drug-likeness (QED) is 0.793. The fourth-order valence-electron chi connectivity index (χ4n) is 1.35. The van der Waals surface area contributed by atoms with Crippen molar-refractivity contribution in [1.82, 2.24) is 5.32 Å². The Bertz CT molecular complexity index is 389. The van der Waals surface area contributed by atoms with Gasteiger partial charge in [-0.05, 0) is 31.5 Å². The van der Waals surface area contributed by atoms with Crippen LogP contribution >= 0.6 is 28.3 Å². The van der Waals surface area contributed by atoms with Crippen LogP contribution in [0.3, 0.4) is 0 Å². The van der Waals surface area contributed by atoms with E-state index >= 15 is 0 Å². The minimum atomic E-state index is -0.00866. The molecule has 0 aliphatic heterocycles. The van der Waals surface area contributed by atoms with Crippen LogP contribution in [0.5, 0.6) is 5.75 Å². The zero-order valence-electron chi connectivity index (χ0n) is 10.9. The molecule has 1 atom stereocenters. The minimum absolute atomic E-state index is 0. The molecule has 0 heterocycles. The van der Waals surface area contributed by atoms with Crippen molar-refractivity contribution in [1.29, 1.82) is 0 Å². The molecule has 19 heavy (non-hydrogen) atoms. The number of halogens is 2. The van der Waals surface area contributed by atoms with Gasteiger partial charge in [0.25, 0.3) is 0 Å². The Morgan fingerprint density at radius 2 is 2.26 bits per heavy atom. The van der Waals surface area contributed by atoms with E-state index in [0.29, 0.717) is 19.6 Å². The van der Waals surface area contributed by atoms with Gasteiger partial charge in [0.15, 0.2) is 0 Å². The Kier molecular flexibility index (Phi) is 9.65. The number of hydrogen-bond acceptors (Lipinski definition) is 3. The molecule has 1 aromatic rings. The maximum Gasteiger partial charge on any atom is 0.223 e. The van der Waals surface area contributed by atoms with Crippen LogP contribution in [0.1, 0.15) is 19.8 Å². The lowest BCUT2D eigenvalue weighted by molar-refractivity contribution is -0.121. The highest BCUT2D eigenvalue weighted by Crippen LogP contribution is 2.17. The lowest BCUT2D eigenvalue weighted by Crippen LogP contribution is -2.29. The molecule has 0 saturated carbocycles. The monoisotopic (exact) mass is 350 g/mol. The average molecular weight is 352 g/mol. The first-order valence-corrected chi connectivity index (χ1v) is 6.78. The molecule has 0 spiro atoms. The summed E-state index contributed by atoms with van der Waals surface area (Å²) < 4.78 is 6.43. The van der Waals surface area contributed by atoms with Gasteiger partial charge in [-0.3, -0.25) is 4.79 Å². The molecule has 4 nitrogen and oxygen atoms in total. The third-order valence-corrected chi connectivity index (χ3v) is 2.81. The number of amides is 1. The van der Waals surface area contributed by atoms with Gasteiger partial charge in [0.2, 0.25) is 5.91 Å². The average Bonchev–Trinajstić information content (AvgIpc) is 2.28. The summed E-state index contributed by atoms with van der Waals surface area (Å²) >= 11 is 3.36. The van der Waals surface area contributed by atoms with Crippen molar-refractivity contribution >= 4 is 34.2 Å². The van der Waals surface area contributed by atoms with Gasteiger partial charge in [0.1, 0.15) is 5.75 Å². The Morgan fingerprint density at radius 1 is 1.53 bits per heavy atom. The minimum Gasteiger partial charge on any atom is -0.493 e. The third kappa shape index (κ3) is 8.86. The van der Waals surface area contributed by atoms with E-state index in [-0.39, 0.29) is 24.4 Å². The fraction of sp³-hybridized carbons (Fsp3) is 0.462. The standard InChI is InChI=1S/C13H19BrN2O2.ClH/c1-10(15)5-7-16-13(17)6-8-18-12-4-2-3-11(14)9-12;/h2-4,9-10H,5-8,15H2,1H3,(H,16,17);1H. The van der Waals surface area contributed by atoms with E-state index in [2.05, 4.69) is 21.2 Å². The number of nitrogens with one attached hydrogen (secondary N) is 1. The van der Waals surface area contributed by atoms with E-state index in [0.717, 1.165) is 16.6 Å². The molecule has 0 aromatic heterocycles. The number of carbonyl (C=O) groups excluding carboxylic acids is 1. The van der Waals surface area contributed by atoms with Crippen LogP contribution in [-0.2, 0) is 4.79 Å². The van der Waals surface area contributed by atoms with Crippen LogP contribution in [0, 0.1) is 0 Å². The van der Waals surface area contributed by atoms with Gasteiger partial charge < -0.3 is 15.8 Å². The van der Waals surface area contributed by atoms with E-state index in [4.69, 9.17) is 10.5 Å². The molecule has 3 N–H and O–H groups in total. The van der Waals surface area contributed by atoms with Gasteiger partial charge in [0.05, 0.1) is 13.0 Å². The molecule has 0 aliphatic carbocycles. The molecular formula is C13H20BrClN2O2. The van der Waals surface area contributed by atoms with Crippen molar-refractivity contribution in [2.45, 2.75) is 25.8 Å². The lowest BCUT2D eigenvalue weighted by Gasteiger charge is -2.08. The zero-order valence-corrected chi connectivity index (χ0v) is 13.3. The van der Waals surface area contributed by atoms with Gasteiger partial charge in [-0.25, -0.2) is 0 Å². The SMILES string of the molecule is CC(N)CCNC(=O)CCOc1cccc(Br)c1.Cl. The van der Waals surface area contributed by atoms with Gasteiger partial charge in [0, 0.05) is 17.1 Å². The number of nitrogens with two attached hydrogens (primary N) is 1. The van der Waals surface area contributed by atoms with Crippen molar-refractivity contribution in [2.75, 3.05) is 13.2 Å². The number of rotatable bonds is 7. The molecule has 0 saturated heterocycles. The number of ether oxygens (including phenoxy) is 1. The van der Waals surface area contributed by atoms with Crippen LogP contribution in [-0.4, -0.2) is 25.1 Å². The fourth-order valence-corrected chi connectivity index (χ4v) is 1.72. The van der Waals surface area contributed by atoms with E-state index in [9.17, 15) is 4.79 Å². The second kappa shape index (κ2) is 10.1. The second-order valence-electron chi connectivity index (χ2n) is 4.17. The van der Waals surface area contributed by atoms with E-state index < -0.39 is 0 Å². The first kappa shape index (κ1) is 18.2. The van der Waals surface area contributed by atoms with Crippen molar-refractivity contribution in [2.24, 2.45) is 5.73 Å². The maximum absolute atomic E-state index is 11.4. The highest BCUT2D eigenvalue weighted by molar-refractivity contribution is 9.10. The van der Waals surface area contributed by atoms with Crippen molar-refractivity contribution in [3.63, 3.8) is 0 Å². The van der Waals surface area contributed by atoms with Crippen LogP contribution in [0.25, 0.3) is 0 Å². The van der Waals surface area contributed by atoms with Crippen molar-refractivity contribution in [3.8, 4) is 5.75 Å². The molecule has 0 aliphatic rings. The van der Waals surface area contributed by atoms with E-state index in [1.165, 1.54) is 0 Å². The summed E-state index contributed by atoms with van der Waals surface area (Å²) in [6, 6.07) is 7.66. The van der Waals surface area contributed by atoms with Crippen LogP contribution in [0.15, 0.2) is 28.7 Å². The van der Waals surface area contributed by atoms with Crippen LogP contribution in [0.4, 0.5) is 0 Å². The first-order chi connectivity index (χ1) is 8.58. The molecule has 6 heteroatoms. The molecular weight excluding hydrogens is 332 g/mol. The van der Waals surface area contributed by atoms with Crippen LogP contribution < -0.4 is 15.8 Å². The van der Waals surface area contributed by atoms with Crippen molar-refractivity contribution < 1.29 is 9.53 Å². The summed E-state index contributed by atoms with van der Waals surface area (Å²) in [4.78, 5) is 11.4. The Morgan fingerprint density at radius 3 is 2.89 bits per heavy atom. The first-order valence-electron chi connectivity index (χ1n) is 5.98. The topological polar surface area (TPSA) is 64.3 Å². The molecule has 1 rings (SSSR count). The largest absolute Gasteiger partial charge is 0.493 e. The molecule has 0 fully saturated rings. The van der Waals surface area contributed by atoms with Crippen molar-refractivity contribution in [3.05, 3.63) is 28.7 Å². The van der Waals surface area contributed by atoms with Gasteiger partial charge in [-0.2, -0.15) is 0 Å². The van der Waals surface area contributed by atoms with Crippen LogP contribution in [0.2, 0.25) is 0 Å². The predicted molar refractivity (Wildman–Crippen MR) is 82.8 cm³/mol. The third-order valence-electron chi connectivity index (χ3n) is 2.32. The predicted octanol–water partition coefficient (Wildman–Crippen LogP) is 2.49. The Labute approximate surface area is 128 Å². The van der Waals surface area contributed by atoms with Gasteiger partial charge in [-0.1, -0.05) is 22.0 Å². The smallest absolute Gasteiger partial charge is 0.223 e. The highest BCUT2D eigenvalue weighted by atomic mass is 79.9. The van der Waals surface area contributed by atoms with E-state index in [1.54, 1.807) is 0 Å². The Hall–Kier alpha value is -0.780. The molecule has 0 bridgehead atoms. The van der Waals surface area contributed by atoms with E-state index in [1.807, 2.05) is 31.2 Å². The highest BCUT2D eigenvalue weighted by Gasteiger charge is 2.02. The van der Waals surface area contributed by atoms with Gasteiger partial charge in [-0.15, -0.1) is 12.4 Å². The number of benzene rings is 1. The zero-order chi connectivity index (χ0) is 13.4. The molecule has 1 unspecified atom stereocenters. The molecule has 1 amide bonds. The second-order valence-corrected chi connectivity index (χ2v) is 5.09. The maximum atomic E-state index is 11.4. The normalized spacial score (nSPS) is 11.3. The summed E-state index contributed by atoms with van der Waals surface area (Å²) in [6.45, 7) is 2.91. The Balaban J connectivity index is 0.00000324. The summed E-state index contributed by atoms with van der Waals surface area (Å²) in [5.41, 5.74) is 5.59. The molecule has 0 radical (unpaired) electrons. The van der Waals surface area contributed by atoms with Gasteiger partial charge >= 0.3 is 0 Å². The number of carbonyl (C=O) groups is 1. The summed E-state index contributed by atoms with van der Waals surface area (Å²) in [5, 5.41) is 2.80. The number of hydrogen-bond donors (Lipinski definition) is 2. The summed E-state index contributed by atoms with van der Waals surface area (Å²) in [7, 11) is 0. The molecule has 1 aromatic carbocycles. The molecule has 108 valence electrons. The lowest BCUT2D eigenvalue weighted by atomic mass is 10.2. The summed E-state index contributed by atoms with van der Waals surface area (Å²) in [6.07, 6.45) is 1.14.